The molecule has 0 bridgehead atoms. The summed E-state index contributed by atoms with van der Waals surface area (Å²) in [6.45, 7) is 4.60. The molecule has 6 heteroatoms. The highest BCUT2D eigenvalue weighted by molar-refractivity contribution is 5.84. The highest BCUT2D eigenvalue weighted by Gasteiger charge is 2.48. The average Bonchev–Trinajstić information content (AvgIpc) is 3.21. The zero-order chi connectivity index (χ0) is 16.6. The van der Waals surface area contributed by atoms with Crippen LogP contribution in [0.25, 0.3) is 0 Å². The first-order valence-corrected chi connectivity index (χ1v) is 7.95. The van der Waals surface area contributed by atoms with Crippen LogP contribution in [0, 0.1) is 11.7 Å². The Labute approximate surface area is 134 Å². The van der Waals surface area contributed by atoms with Gasteiger partial charge in [0, 0.05) is 12.0 Å². The van der Waals surface area contributed by atoms with E-state index in [4.69, 9.17) is 4.74 Å². The Morgan fingerprint density at radius 3 is 2.74 bits per heavy atom. The number of amides is 2. The Kier molecular flexibility index (Phi) is 4.24. The molecule has 2 amide bonds. The van der Waals surface area contributed by atoms with Crippen LogP contribution in [0.3, 0.4) is 0 Å². The van der Waals surface area contributed by atoms with Gasteiger partial charge in [0.15, 0.2) is 0 Å². The number of nitrogens with one attached hydrogen (secondary N) is 1. The first-order valence-electron chi connectivity index (χ1n) is 7.95. The Balaban J connectivity index is 1.44. The van der Waals surface area contributed by atoms with Crippen molar-refractivity contribution in [2.45, 2.75) is 38.3 Å². The Bertz CT molecular complexity index is 614. The van der Waals surface area contributed by atoms with E-state index in [9.17, 15) is 14.0 Å². The van der Waals surface area contributed by atoms with Crippen LogP contribution in [0.1, 0.15) is 31.7 Å². The summed E-state index contributed by atoms with van der Waals surface area (Å²) in [4.78, 5) is 25.5. The average molecular weight is 320 g/mol. The van der Waals surface area contributed by atoms with Gasteiger partial charge < -0.3 is 15.0 Å². The Hall–Kier alpha value is -2.11. The Morgan fingerprint density at radius 2 is 2.09 bits per heavy atom. The smallest absolute Gasteiger partial charge is 0.407 e. The minimum absolute atomic E-state index is 0.0267. The lowest BCUT2D eigenvalue weighted by molar-refractivity contribution is -0.143. The van der Waals surface area contributed by atoms with E-state index in [1.807, 2.05) is 19.9 Å². The summed E-state index contributed by atoms with van der Waals surface area (Å²) in [6.07, 6.45) is 0.0863. The minimum Gasteiger partial charge on any atom is -0.442 e. The van der Waals surface area contributed by atoms with E-state index in [-0.39, 0.29) is 35.7 Å². The van der Waals surface area contributed by atoms with E-state index in [1.165, 1.54) is 12.1 Å². The van der Waals surface area contributed by atoms with Crippen molar-refractivity contribution < 1.29 is 18.7 Å². The van der Waals surface area contributed by atoms with Gasteiger partial charge in [0.2, 0.25) is 5.91 Å². The lowest BCUT2D eigenvalue weighted by atomic mass is 10.1. The summed E-state index contributed by atoms with van der Waals surface area (Å²) >= 11 is 0. The number of hydrogen-bond acceptors (Lipinski definition) is 3. The molecular formula is C17H21FN2O3. The molecule has 1 N–H and O–H groups in total. The number of likely N-dealkylation sites (tertiary alicyclic amines) is 1. The minimum atomic E-state index is -0.443. The van der Waals surface area contributed by atoms with Gasteiger partial charge in [0.05, 0.1) is 13.1 Å². The second kappa shape index (κ2) is 6.18. The number of nitrogens with zero attached hydrogens (tertiary/aromatic N) is 1. The molecule has 1 aliphatic carbocycles. The largest absolute Gasteiger partial charge is 0.442 e. The molecule has 1 heterocycles. The molecule has 1 saturated carbocycles. The fraction of sp³-hybridized carbons (Fsp3) is 0.529. The molecule has 124 valence electrons. The second-order valence-electron chi connectivity index (χ2n) is 6.57. The fourth-order valence-corrected chi connectivity index (χ4v) is 2.92. The molecular weight excluding hydrogens is 299 g/mol. The van der Waals surface area contributed by atoms with Crippen molar-refractivity contribution in [2.75, 3.05) is 13.1 Å². The highest BCUT2D eigenvalue weighted by atomic mass is 19.1. The fourth-order valence-electron chi connectivity index (χ4n) is 2.92. The Morgan fingerprint density at radius 1 is 1.35 bits per heavy atom. The summed E-state index contributed by atoms with van der Waals surface area (Å²) in [5, 5.41) is 2.65. The monoisotopic (exact) mass is 320 g/mol. The molecule has 23 heavy (non-hydrogen) atoms. The van der Waals surface area contributed by atoms with E-state index >= 15 is 0 Å². The first kappa shape index (κ1) is 15.8. The van der Waals surface area contributed by atoms with E-state index < -0.39 is 6.09 Å². The maximum absolute atomic E-state index is 13.2. The van der Waals surface area contributed by atoms with Crippen molar-refractivity contribution in [3.8, 4) is 0 Å². The summed E-state index contributed by atoms with van der Waals surface area (Å²) in [5.41, 5.74) is 0.882. The van der Waals surface area contributed by atoms with Crippen molar-refractivity contribution in [3.63, 3.8) is 0 Å². The van der Waals surface area contributed by atoms with E-state index in [2.05, 4.69) is 5.32 Å². The molecule has 3 rings (SSSR count). The number of rotatable bonds is 4. The lowest BCUT2D eigenvalue weighted by Crippen LogP contribution is -2.56. The number of hydrogen-bond donors (Lipinski definition) is 1. The van der Waals surface area contributed by atoms with Crippen LogP contribution in [0.2, 0.25) is 0 Å². The zero-order valence-electron chi connectivity index (χ0n) is 13.3. The topological polar surface area (TPSA) is 58.6 Å². The van der Waals surface area contributed by atoms with Gasteiger partial charge in [-0.25, -0.2) is 9.18 Å². The molecule has 5 nitrogen and oxygen atoms in total. The van der Waals surface area contributed by atoms with Crippen molar-refractivity contribution in [2.24, 2.45) is 5.92 Å². The molecule has 2 atom stereocenters. The van der Waals surface area contributed by atoms with Gasteiger partial charge in [-0.05, 0) is 43.9 Å². The van der Waals surface area contributed by atoms with Crippen molar-refractivity contribution in [1.29, 1.82) is 0 Å². The standard InChI is InChI=1S/C17H21FN2O3/c1-10(2)19-17(22)23-13-8-20(9-13)16(21)15-7-14(15)11-4-3-5-12(18)6-11/h3-6,10,13-15H,7-9H2,1-2H3,(H,19,22)/t14-,15+/m1/s1. The van der Waals surface area contributed by atoms with Crippen LogP contribution in [0.4, 0.5) is 9.18 Å². The quantitative estimate of drug-likeness (QED) is 0.926. The molecule has 0 radical (unpaired) electrons. The number of carbonyl (C=O) groups excluding carboxylic acids is 2. The number of carbonyl (C=O) groups is 2. The SMILES string of the molecule is CC(C)NC(=O)OC1CN(C(=O)[C@H]2C[C@@H]2c2cccc(F)c2)C1. The predicted molar refractivity (Wildman–Crippen MR) is 82.4 cm³/mol. The summed E-state index contributed by atoms with van der Waals surface area (Å²) in [5.74, 6) is -0.151. The highest BCUT2D eigenvalue weighted by Crippen LogP contribution is 2.49. The van der Waals surface area contributed by atoms with Gasteiger partial charge in [-0.3, -0.25) is 4.79 Å². The molecule has 2 fully saturated rings. The van der Waals surface area contributed by atoms with Gasteiger partial charge in [-0.15, -0.1) is 0 Å². The molecule has 1 aromatic rings. The van der Waals surface area contributed by atoms with Crippen LogP contribution in [0.15, 0.2) is 24.3 Å². The molecule has 0 aromatic heterocycles. The van der Waals surface area contributed by atoms with Gasteiger partial charge in [0.1, 0.15) is 11.9 Å². The maximum Gasteiger partial charge on any atom is 0.407 e. The molecule has 0 unspecified atom stereocenters. The number of halogens is 1. The molecule has 1 saturated heterocycles. The van der Waals surface area contributed by atoms with Gasteiger partial charge in [-0.2, -0.15) is 0 Å². The van der Waals surface area contributed by atoms with Crippen molar-refractivity contribution >= 4 is 12.0 Å². The van der Waals surface area contributed by atoms with Gasteiger partial charge in [0.25, 0.3) is 0 Å². The predicted octanol–water partition coefficient (Wildman–Crippen LogP) is 2.27. The number of ether oxygens (including phenoxy) is 1. The van der Waals surface area contributed by atoms with E-state index in [1.54, 1.807) is 11.0 Å². The number of benzene rings is 1. The first-order chi connectivity index (χ1) is 10.9. The van der Waals surface area contributed by atoms with Crippen LogP contribution in [-0.4, -0.2) is 42.1 Å². The maximum atomic E-state index is 13.2. The molecule has 1 aromatic carbocycles. The summed E-state index contributed by atoms with van der Waals surface area (Å²) in [6, 6.07) is 6.46. The molecule has 2 aliphatic rings. The lowest BCUT2D eigenvalue weighted by Gasteiger charge is -2.38. The van der Waals surface area contributed by atoms with Crippen molar-refractivity contribution in [1.82, 2.24) is 10.2 Å². The zero-order valence-corrected chi connectivity index (χ0v) is 13.3. The third kappa shape index (κ3) is 3.63. The molecule has 1 aliphatic heterocycles. The van der Waals surface area contributed by atoms with Crippen LogP contribution < -0.4 is 5.32 Å². The van der Waals surface area contributed by atoms with Gasteiger partial charge >= 0.3 is 6.09 Å². The van der Waals surface area contributed by atoms with E-state index in [0.29, 0.717) is 13.1 Å². The third-order valence-electron chi connectivity index (χ3n) is 4.22. The summed E-state index contributed by atoms with van der Waals surface area (Å²) < 4.78 is 18.4. The summed E-state index contributed by atoms with van der Waals surface area (Å²) in [7, 11) is 0. The van der Waals surface area contributed by atoms with Crippen LogP contribution in [0.5, 0.6) is 0 Å². The third-order valence-corrected chi connectivity index (χ3v) is 4.22. The molecule has 0 spiro atoms. The van der Waals surface area contributed by atoms with Crippen LogP contribution in [-0.2, 0) is 9.53 Å². The van der Waals surface area contributed by atoms with Crippen LogP contribution >= 0.6 is 0 Å². The van der Waals surface area contributed by atoms with Gasteiger partial charge in [-0.1, -0.05) is 12.1 Å². The van der Waals surface area contributed by atoms with E-state index in [0.717, 1.165) is 12.0 Å². The normalized spacial score (nSPS) is 23.4. The van der Waals surface area contributed by atoms with Crippen molar-refractivity contribution in [3.05, 3.63) is 35.6 Å². The number of alkyl carbamates (subject to hydrolysis) is 1. The second-order valence-corrected chi connectivity index (χ2v) is 6.57.